The number of nitrogens with two attached hydrogens (primary N) is 1. The number of anilines is 1. The third-order valence-electron chi connectivity index (χ3n) is 2.99. The SMILES string of the molecule is Nc1ccc(Cn2cnc3ccc(Br)cc3c2=O)cn1. The summed E-state index contributed by atoms with van der Waals surface area (Å²) in [6, 6.07) is 9.02. The van der Waals surface area contributed by atoms with Gasteiger partial charge in [-0.15, -0.1) is 0 Å². The van der Waals surface area contributed by atoms with E-state index in [0.29, 0.717) is 23.3 Å². The quantitative estimate of drug-likeness (QED) is 0.781. The van der Waals surface area contributed by atoms with Crippen molar-refractivity contribution in [2.45, 2.75) is 6.54 Å². The van der Waals surface area contributed by atoms with Gasteiger partial charge in [0.15, 0.2) is 0 Å². The van der Waals surface area contributed by atoms with Gasteiger partial charge in [0, 0.05) is 10.7 Å². The molecule has 0 unspecified atom stereocenters. The van der Waals surface area contributed by atoms with Crippen molar-refractivity contribution < 1.29 is 0 Å². The molecule has 0 saturated carbocycles. The smallest absolute Gasteiger partial charge is 0.261 e. The lowest BCUT2D eigenvalue weighted by molar-refractivity contribution is 0.746. The van der Waals surface area contributed by atoms with E-state index >= 15 is 0 Å². The summed E-state index contributed by atoms with van der Waals surface area (Å²) in [6.45, 7) is 0.418. The summed E-state index contributed by atoms with van der Waals surface area (Å²) >= 11 is 3.37. The number of rotatable bonds is 2. The number of nitrogens with zero attached hydrogens (tertiary/aromatic N) is 3. The Kier molecular flexibility index (Phi) is 3.23. The molecule has 3 rings (SSSR count). The van der Waals surface area contributed by atoms with Crippen molar-refractivity contribution in [2.24, 2.45) is 0 Å². The second kappa shape index (κ2) is 5.05. The van der Waals surface area contributed by atoms with Gasteiger partial charge in [-0.2, -0.15) is 0 Å². The highest BCUT2D eigenvalue weighted by molar-refractivity contribution is 9.10. The van der Waals surface area contributed by atoms with Crippen LogP contribution in [0.4, 0.5) is 5.82 Å². The Bertz CT molecular complexity index is 827. The molecule has 2 N–H and O–H groups in total. The van der Waals surface area contributed by atoms with Crippen LogP contribution in [0.5, 0.6) is 0 Å². The van der Waals surface area contributed by atoms with Crippen LogP contribution >= 0.6 is 15.9 Å². The van der Waals surface area contributed by atoms with Crippen molar-refractivity contribution in [3.05, 3.63) is 63.2 Å². The standard InChI is InChI=1S/C14H11BrN4O/c15-10-2-3-12-11(5-10)14(20)19(8-18-12)7-9-1-4-13(16)17-6-9/h1-6,8H,7H2,(H2,16,17). The van der Waals surface area contributed by atoms with Crippen molar-refractivity contribution in [1.82, 2.24) is 14.5 Å². The lowest BCUT2D eigenvalue weighted by atomic mass is 10.2. The van der Waals surface area contributed by atoms with Gasteiger partial charge in [0.1, 0.15) is 5.82 Å². The van der Waals surface area contributed by atoms with Crippen LogP contribution in [0.3, 0.4) is 0 Å². The second-order valence-electron chi connectivity index (χ2n) is 4.43. The summed E-state index contributed by atoms with van der Waals surface area (Å²) in [6.07, 6.45) is 3.21. The topological polar surface area (TPSA) is 73.8 Å². The number of fused-ring (bicyclic) bond motifs is 1. The molecule has 1 aromatic carbocycles. The van der Waals surface area contributed by atoms with Crippen LogP contribution in [0.25, 0.3) is 10.9 Å². The lowest BCUT2D eigenvalue weighted by Crippen LogP contribution is -2.21. The van der Waals surface area contributed by atoms with Crippen molar-refractivity contribution in [3.63, 3.8) is 0 Å². The molecule has 0 bridgehead atoms. The summed E-state index contributed by atoms with van der Waals surface area (Å²) < 4.78 is 2.41. The molecule has 0 saturated heterocycles. The van der Waals surface area contributed by atoms with Crippen LogP contribution in [0, 0.1) is 0 Å². The third kappa shape index (κ3) is 2.42. The molecule has 0 atom stereocenters. The molecular formula is C14H11BrN4O. The van der Waals surface area contributed by atoms with E-state index in [-0.39, 0.29) is 5.56 Å². The van der Waals surface area contributed by atoms with E-state index in [9.17, 15) is 4.79 Å². The van der Waals surface area contributed by atoms with Crippen molar-refractivity contribution in [3.8, 4) is 0 Å². The molecule has 2 heterocycles. The van der Waals surface area contributed by atoms with Gasteiger partial charge < -0.3 is 5.73 Å². The average molecular weight is 331 g/mol. The Hall–Kier alpha value is -2.21. The van der Waals surface area contributed by atoms with Crippen molar-refractivity contribution in [2.75, 3.05) is 5.73 Å². The van der Waals surface area contributed by atoms with Crippen LogP contribution in [0.1, 0.15) is 5.56 Å². The Labute approximate surface area is 123 Å². The highest BCUT2D eigenvalue weighted by Crippen LogP contribution is 2.15. The zero-order valence-corrected chi connectivity index (χ0v) is 12.0. The van der Waals surface area contributed by atoms with Gasteiger partial charge in [0.25, 0.3) is 5.56 Å². The average Bonchev–Trinajstić information content (AvgIpc) is 2.45. The minimum atomic E-state index is -0.0758. The molecule has 0 fully saturated rings. The number of benzene rings is 1. The highest BCUT2D eigenvalue weighted by Gasteiger charge is 2.05. The van der Waals surface area contributed by atoms with Crippen molar-refractivity contribution >= 4 is 32.7 Å². The summed E-state index contributed by atoms with van der Waals surface area (Å²) in [5, 5.41) is 0.588. The van der Waals surface area contributed by atoms with Gasteiger partial charge in [-0.05, 0) is 29.8 Å². The van der Waals surface area contributed by atoms with Crippen LogP contribution < -0.4 is 11.3 Å². The van der Waals surface area contributed by atoms with Gasteiger partial charge in [-0.25, -0.2) is 9.97 Å². The molecule has 0 radical (unpaired) electrons. The predicted molar refractivity (Wildman–Crippen MR) is 81.5 cm³/mol. The fourth-order valence-electron chi connectivity index (χ4n) is 1.97. The molecule has 20 heavy (non-hydrogen) atoms. The normalized spacial score (nSPS) is 10.8. The maximum absolute atomic E-state index is 12.4. The van der Waals surface area contributed by atoms with Gasteiger partial charge in [-0.1, -0.05) is 22.0 Å². The Morgan fingerprint density at radius 2 is 2.05 bits per heavy atom. The van der Waals surface area contributed by atoms with Crippen LogP contribution in [-0.2, 0) is 6.54 Å². The lowest BCUT2D eigenvalue weighted by Gasteiger charge is -2.07. The Morgan fingerprint density at radius 3 is 2.80 bits per heavy atom. The first-order valence-electron chi connectivity index (χ1n) is 5.98. The maximum Gasteiger partial charge on any atom is 0.261 e. The Balaban J connectivity index is 2.06. The summed E-state index contributed by atoms with van der Waals surface area (Å²) in [7, 11) is 0. The number of nitrogen functional groups attached to an aromatic ring is 1. The summed E-state index contributed by atoms with van der Waals surface area (Å²) in [5.74, 6) is 0.460. The van der Waals surface area contributed by atoms with Crippen LogP contribution in [-0.4, -0.2) is 14.5 Å². The highest BCUT2D eigenvalue weighted by atomic mass is 79.9. The minimum absolute atomic E-state index is 0.0758. The van der Waals surface area contributed by atoms with Crippen LogP contribution in [0.2, 0.25) is 0 Å². The fourth-order valence-corrected chi connectivity index (χ4v) is 2.33. The molecule has 3 aromatic rings. The molecule has 0 aliphatic carbocycles. The molecular weight excluding hydrogens is 320 g/mol. The first kappa shape index (κ1) is 12.8. The first-order valence-corrected chi connectivity index (χ1v) is 6.78. The second-order valence-corrected chi connectivity index (χ2v) is 5.35. The number of hydrogen-bond donors (Lipinski definition) is 1. The van der Waals surface area contributed by atoms with Gasteiger partial charge in [0.2, 0.25) is 0 Å². The number of hydrogen-bond acceptors (Lipinski definition) is 4. The molecule has 0 amide bonds. The summed E-state index contributed by atoms with van der Waals surface area (Å²) in [4.78, 5) is 20.7. The minimum Gasteiger partial charge on any atom is -0.384 e. The molecule has 6 heteroatoms. The van der Waals surface area contributed by atoms with E-state index in [1.54, 1.807) is 29.2 Å². The van der Waals surface area contributed by atoms with E-state index < -0.39 is 0 Å². The largest absolute Gasteiger partial charge is 0.384 e. The molecule has 5 nitrogen and oxygen atoms in total. The van der Waals surface area contributed by atoms with E-state index in [1.807, 2.05) is 18.2 Å². The van der Waals surface area contributed by atoms with E-state index in [4.69, 9.17) is 5.73 Å². The monoisotopic (exact) mass is 330 g/mol. The van der Waals surface area contributed by atoms with Gasteiger partial charge in [0.05, 0.1) is 23.8 Å². The van der Waals surface area contributed by atoms with E-state index in [1.165, 1.54) is 0 Å². The number of halogens is 1. The van der Waals surface area contributed by atoms with E-state index in [0.717, 1.165) is 10.0 Å². The third-order valence-corrected chi connectivity index (χ3v) is 3.48. The number of aromatic nitrogens is 3. The van der Waals surface area contributed by atoms with Gasteiger partial charge in [-0.3, -0.25) is 9.36 Å². The molecule has 0 spiro atoms. The fraction of sp³-hybridized carbons (Fsp3) is 0.0714. The maximum atomic E-state index is 12.4. The van der Waals surface area contributed by atoms with Gasteiger partial charge >= 0.3 is 0 Å². The molecule has 2 aromatic heterocycles. The Morgan fingerprint density at radius 1 is 1.20 bits per heavy atom. The predicted octanol–water partition coefficient (Wildman–Crippen LogP) is 2.18. The zero-order chi connectivity index (χ0) is 14.1. The number of pyridine rings is 1. The zero-order valence-electron chi connectivity index (χ0n) is 10.5. The van der Waals surface area contributed by atoms with Crippen LogP contribution in [0.15, 0.2) is 52.1 Å². The molecule has 100 valence electrons. The van der Waals surface area contributed by atoms with E-state index in [2.05, 4.69) is 25.9 Å². The van der Waals surface area contributed by atoms with Crippen molar-refractivity contribution in [1.29, 1.82) is 0 Å². The first-order chi connectivity index (χ1) is 9.63. The molecule has 0 aliphatic rings. The summed E-state index contributed by atoms with van der Waals surface area (Å²) in [5.41, 5.74) is 7.05. The molecule has 0 aliphatic heterocycles.